The molecule has 3 aliphatic rings. The molecule has 7 heterocycles. The summed E-state index contributed by atoms with van der Waals surface area (Å²) in [4.78, 5) is 39.6. The predicted octanol–water partition coefficient (Wildman–Crippen LogP) is 5.70. The smallest absolute Gasteiger partial charge is 0.319 e. The number of likely N-dealkylation sites (tertiary alicyclic amines) is 1. The van der Waals surface area contributed by atoms with Gasteiger partial charge in [0.15, 0.2) is 16.8 Å². The molecule has 3 atom stereocenters. The molecular weight excluding hydrogens is 706 g/mol. The summed E-state index contributed by atoms with van der Waals surface area (Å²) in [5.74, 6) is -4.59. The van der Waals surface area contributed by atoms with Crippen LogP contribution in [0, 0.1) is 17.5 Å². The molecule has 0 radical (unpaired) electrons. The number of hydrogen-bond acceptors (Lipinski definition) is 11. The van der Waals surface area contributed by atoms with E-state index in [2.05, 4.69) is 29.8 Å². The van der Waals surface area contributed by atoms with Gasteiger partial charge in [-0.15, -0.1) is 0 Å². The van der Waals surface area contributed by atoms with E-state index in [1.807, 2.05) is 0 Å². The van der Waals surface area contributed by atoms with E-state index >= 15 is 8.78 Å². The number of likely N-dealkylation sites (N-methyl/N-ethyl adjacent to an activating group) is 1. The maximum absolute atomic E-state index is 16.7. The summed E-state index contributed by atoms with van der Waals surface area (Å²) < 4.78 is 82.3. The first-order valence-electron chi connectivity index (χ1n) is 16.7. The third-order valence-electron chi connectivity index (χ3n) is 10.2. The number of carbonyl (C=O) groups is 1. The molecule has 1 aromatic carbocycles. The summed E-state index contributed by atoms with van der Waals surface area (Å²) in [5.41, 5.74) is 4.26. The van der Waals surface area contributed by atoms with Crippen molar-refractivity contribution >= 4 is 55.4 Å². The summed E-state index contributed by atoms with van der Waals surface area (Å²) >= 11 is 0.792. The zero-order valence-electron chi connectivity index (χ0n) is 27.8. The van der Waals surface area contributed by atoms with E-state index < -0.39 is 52.6 Å². The van der Waals surface area contributed by atoms with Crippen LogP contribution in [0.4, 0.5) is 32.9 Å². The third kappa shape index (κ3) is 5.94. The molecule has 17 heteroatoms. The van der Waals surface area contributed by atoms with Crippen LogP contribution in [0.2, 0.25) is 0 Å². The normalized spacial score (nSPS) is 22.1. The molecule has 0 saturated carbocycles. The molecule has 2 N–H and O–H groups in total. The summed E-state index contributed by atoms with van der Waals surface area (Å²) in [6.07, 6.45) is 5.14. The lowest BCUT2D eigenvalue weighted by Crippen LogP contribution is -2.43. The number of carbonyl (C=O) groups excluding carboxylic acids is 1. The van der Waals surface area contributed by atoms with Crippen LogP contribution >= 0.6 is 11.3 Å². The number of alkyl halides is 1. The zero-order valence-corrected chi connectivity index (χ0v) is 28.6. The Kier molecular flexibility index (Phi) is 8.64. The SMILES string of the molecule is CN(c1nc(OC[C@@]23CCCN2CC(F)C3)nc2c(F)c(-c3c(F)cc(F)c4sc(N)nc34)ncc12)[C@@H]1CCN(C(=O)/C(F)=C/c2ccccn2)C1. The average molecular weight is 738 g/mol. The van der Waals surface area contributed by atoms with Crippen LogP contribution < -0.4 is 15.4 Å². The number of thiazole rings is 1. The number of nitrogens with zero attached hydrogens (tertiary/aromatic N) is 8. The van der Waals surface area contributed by atoms with E-state index in [1.54, 1.807) is 30.1 Å². The highest BCUT2D eigenvalue weighted by Gasteiger charge is 2.49. The van der Waals surface area contributed by atoms with Crippen LogP contribution in [0.15, 0.2) is 42.5 Å². The fraction of sp³-hybridized carbons (Fsp3) is 0.371. The van der Waals surface area contributed by atoms with Crippen molar-refractivity contribution in [3.05, 3.63) is 65.6 Å². The Bertz CT molecular complexity index is 2240. The van der Waals surface area contributed by atoms with Crippen molar-refractivity contribution in [3.8, 4) is 17.3 Å². The van der Waals surface area contributed by atoms with Gasteiger partial charge in [0.05, 0.1) is 32.4 Å². The van der Waals surface area contributed by atoms with Crippen molar-refractivity contribution in [1.29, 1.82) is 0 Å². The Morgan fingerprint density at radius 1 is 1.13 bits per heavy atom. The number of benzene rings is 1. The number of ether oxygens (including phenoxy) is 1. The first-order valence-corrected chi connectivity index (χ1v) is 17.6. The Labute approximate surface area is 298 Å². The van der Waals surface area contributed by atoms with Gasteiger partial charge in [0.1, 0.15) is 41.4 Å². The lowest BCUT2D eigenvalue weighted by atomic mass is 9.95. The molecule has 1 amide bonds. The molecular formula is C35H32F5N9O2S. The lowest BCUT2D eigenvalue weighted by Gasteiger charge is -2.31. The molecule has 52 heavy (non-hydrogen) atoms. The minimum Gasteiger partial charge on any atom is -0.461 e. The number of hydrogen-bond donors (Lipinski definition) is 1. The predicted molar refractivity (Wildman–Crippen MR) is 185 cm³/mol. The average Bonchev–Trinajstić information content (AvgIpc) is 3.91. The number of anilines is 2. The van der Waals surface area contributed by atoms with Crippen molar-refractivity contribution in [2.45, 2.75) is 43.4 Å². The summed E-state index contributed by atoms with van der Waals surface area (Å²) in [6.45, 7) is 1.44. The van der Waals surface area contributed by atoms with Gasteiger partial charge in [-0.25, -0.2) is 26.9 Å². The van der Waals surface area contributed by atoms with Crippen LogP contribution in [0.3, 0.4) is 0 Å². The number of amides is 1. The van der Waals surface area contributed by atoms with Gasteiger partial charge in [-0.2, -0.15) is 9.97 Å². The van der Waals surface area contributed by atoms with Crippen molar-refractivity contribution < 1.29 is 31.5 Å². The maximum atomic E-state index is 16.7. The van der Waals surface area contributed by atoms with Gasteiger partial charge >= 0.3 is 6.01 Å². The highest BCUT2D eigenvalue weighted by molar-refractivity contribution is 7.22. The van der Waals surface area contributed by atoms with Gasteiger partial charge in [-0.3, -0.25) is 19.7 Å². The van der Waals surface area contributed by atoms with Crippen molar-refractivity contribution in [1.82, 2.24) is 34.7 Å². The topological polar surface area (TPSA) is 126 Å². The summed E-state index contributed by atoms with van der Waals surface area (Å²) in [6, 6.07) is 4.98. The van der Waals surface area contributed by atoms with E-state index in [4.69, 9.17) is 10.5 Å². The van der Waals surface area contributed by atoms with Crippen molar-refractivity contribution in [3.63, 3.8) is 0 Å². The fourth-order valence-electron chi connectivity index (χ4n) is 7.65. The largest absolute Gasteiger partial charge is 0.461 e. The number of pyridine rings is 2. The first kappa shape index (κ1) is 34.1. The minimum absolute atomic E-state index is 0.0391. The fourth-order valence-corrected chi connectivity index (χ4v) is 8.40. The highest BCUT2D eigenvalue weighted by atomic mass is 32.1. The van der Waals surface area contributed by atoms with Crippen LogP contribution in [-0.4, -0.2) is 98.2 Å². The molecule has 270 valence electrons. The highest BCUT2D eigenvalue weighted by Crippen LogP contribution is 2.42. The summed E-state index contributed by atoms with van der Waals surface area (Å²) in [7, 11) is 1.69. The van der Waals surface area contributed by atoms with Crippen molar-refractivity contribution in [2.24, 2.45) is 0 Å². The standard InChI is InChI=1S/C35H32F5N9O2S/c1-47(20-6-10-48(16-20)32(50)24(39)11-19-5-2-3-8-42-19)31-21-14-43-28(25-22(37)12-23(38)30-29(25)44-33(41)52-30)26(40)27(21)45-34(46-31)51-17-35-7-4-9-49(35)15-18(36)13-35/h2-3,5,8,11-12,14,18,20H,4,6-7,9-10,13,15-17H2,1H3,(H2,41,44)/b24-11-/t18?,20-,35+/m1/s1. The second-order valence-electron chi connectivity index (χ2n) is 13.4. The number of aromatic nitrogens is 5. The van der Waals surface area contributed by atoms with Crippen LogP contribution in [0.5, 0.6) is 6.01 Å². The Hall–Kier alpha value is -5.03. The molecule has 3 fully saturated rings. The molecule has 4 aromatic heterocycles. The first-order chi connectivity index (χ1) is 25.0. The zero-order chi connectivity index (χ0) is 36.3. The van der Waals surface area contributed by atoms with Gasteiger partial charge in [0.25, 0.3) is 5.91 Å². The molecule has 0 bridgehead atoms. The van der Waals surface area contributed by atoms with Crippen LogP contribution in [0.1, 0.15) is 31.4 Å². The molecule has 3 aliphatic heterocycles. The molecule has 11 nitrogen and oxygen atoms in total. The van der Waals surface area contributed by atoms with E-state index in [-0.39, 0.29) is 69.8 Å². The Morgan fingerprint density at radius 3 is 2.79 bits per heavy atom. The second kappa shape index (κ2) is 13.2. The third-order valence-corrected chi connectivity index (χ3v) is 11.1. The number of rotatable bonds is 8. The number of nitrogen functional groups attached to an aromatic ring is 1. The molecule has 8 rings (SSSR count). The number of nitrogens with two attached hydrogens (primary N) is 1. The van der Waals surface area contributed by atoms with E-state index in [1.165, 1.54) is 17.3 Å². The second-order valence-corrected chi connectivity index (χ2v) is 14.4. The van der Waals surface area contributed by atoms with Crippen molar-refractivity contribution in [2.75, 3.05) is 50.5 Å². The number of fused-ring (bicyclic) bond motifs is 3. The van der Waals surface area contributed by atoms with E-state index in [0.717, 1.165) is 30.4 Å². The van der Waals surface area contributed by atoms with E-state index in [0.29, 0.717) is 31.1 Å². The van der Waals surface area contributed by atoms with Gasteiger partial charge < -0.3 is 20.3 Å². The van der Waals surface area contributed by atoms with E-state index in [9.17, 15) is 18.0 Å². The monoisotopic (exact) mass is 737 g/mol. The maximum Gasteiger partial charge on any atom is 0.319 e. The lowest BCUT2D eigenvalue weighted by molar-refractivity contribution is -0.127. The Balaban J connectivity index is 1.16. The molecule has 0 aliphatic carbocycles. The van der Waals surface area contributed by atoms with Gasteiger partial charge in [0.2, 0.25) is 0 Å². The molecule has 5 aromatic rings. The summed E-state index contributed by atoms with van der Waals surface area (Å²) in [5, 5.41) is 0.104. The minimum atomic E-state index is -1.09. The van der Waals surface area contributed by atoms with Crippen LogP contribution in [0.25, 0.3) is 38.5 Å². The number of halogens is 5. The van der Waals surface area contributed by atoms with Crippen LogP contribution in [-0.2, 0) is 4.79 Å². The quantitative estimate of drug-likeness (QED) is 0.157. The Morgan fingerprint density at radius 2 is 1.98 bits per heavy atom. The van der Waals surface area contributed by atoms with Gasteiger partial charge in [-0.1, -0.05) is 17.4 Å². The molecule has 0 spiro atoms. The van der Waals surface area contributed by atoms with Gasteiger partial charge in [0, 0.05) is 63.7 Å². The molecule has 3 saturated heterocycles. The molecule has 1 unspecified atom stereocenters. The van der Waals surface area contributed by atoms with Gasteiger partial charge in [-0.05, 0) is 37.9 Å².